The van der Waals surface area contributed by atoms with E-state index >= 15 is 0 Å². The number of nitrogens with zero attached hydrogens (tertiary/aromatic N) is 1. The Bertz CT molecular complexity index is 950. The van der Waals surface area contributed by atoms with E-state index in [1.807, 2.05) is 18.2 Å². The molecule has 5 rings (SSSR count). The Labute approximate surface area is 156 Å². The molecule has 3 atom stereocenters. The number of rotatable bonds is 1. The average Bonchev–Trinajstić information content (AvgIpc) is 3.04. The fraction of sp³-hybridized carbons (Fsp3) is 0.400. The lowest BCUT2D eigenvalue weighted by molar-refractivity contribution is -0.578. The Balaban J connectivity index is 1.71. The number of amidine groups is 1. The number of nitrogens with two attached hydrogens (primary N) is 1. The zero-order chi connectivity index (χ0) is 18.6. The summed E-state index contributed by atoms with van der Waals surface area (Å²) < 4.78 is 32.4. The summed E-state index contributed by atoms with van der Waals surface area (Å²) in [6, 6.07) is 9.34. The second-order valence-corrected chi connectivity index (χ2v) is 7.57. The third-order valence-electron chi connectivity index (χ3n) is 5.78. The van der Waals surface area contributed by atoms with Crippen molar-refractivity contribution < 1.29 is 23.6 Å². The first kappa shape index (κ1) is 16.5. The maximum atomic E-state index is 14.2. The summed E-state index contributed by atoms with van der Waals surface area (Å²) in [6.07, 6.45) is 2.96. The third kappa shape index (κ3) is 2.34. The first-order valence-electron chi connectivity index (χ1n) is 9.11. The van der Waals surface area contributed by atoms with Gasteiger partial charge in [0.2, 0.25) is 5.95 Å². The lowest BCUT2D eigenvalue weighted by Crippen LogP contribution is -2.91. The van der Waals surface area contributed by atoms with E-state index in [9.17, 15) is 4.39 Å². The number of ether oxygens (including phenoxy) is 3. The molecule has 1 aromatic carbocycles. The standard InChI is InChI=1S/C20H20FN3O3/c1-19-7-3-9-25-17(19)20(11-26-18(22)24-20)14-10-12(5-6-15(14)27-19)13-4-2-8-23-16(13)21/h2,4-6,8,10,17H,3,7,9,11H2,1H3,(H2,22,24)/p+1/t17-,19-,20-/m0/s1. The van der Waals surface area contributed by atoms with Crippen molar-refractivity contribution in [3.8, 4) is 16.9 Å². The van der Waals surface area contributed by atoms with Crippen LogP contribution in [0, 0.1) is 5.95 Å². The molecule has 3 N–H and O–H groups in total. The Morgan fingerprint density at radius 3 is 3.00 bits per heavy atom. The molecule has 140 valence electrons. The van der Waals surface area contributed by atoms with E-state index in [2.05, 4.69) is 16.9 Å². The highest BCUT2D eigenvalue weighted by atomic mass is 19.1. The number of hydrogen-bond donors (Lipinski definition) is 2. The summed E-state index contributed by atoms with van der Waals surface area (Å²) in [5.74, 6) is 0.224. The van der Waals surface area contributed by atoms with Crippen LogP contribution in [0.3, 0.4) is 0 Å². The van der Waals surface area contributed by atoms with Crippen LogP contribution in [0.25, 0.3) is 11.1 Å². The largest absolute Gasteiger partial charge is 0.484 e. The average molecular weight is 370 g/mol. The smallest absolute Gasteiger partial charge is 0.440 e. The Hall–Kier alpha value is -2.67. The zero-order valence-electron chi connectivity index (χ0n) is 15.0. The number of fused-ring (bicyclic) bond motifs is 4. The van der Waals surface area contributed by atoms with Crippen LogP contribution in [0.2, 0.25) is 0 Å². The lowest BCUT2D eigenvalue weighted by atomic mass is 9.72. The highest BCUT2D eigenvalue weighted by Crippen LogP contribution is 2.48. The van der Waals surface area contributed by atoms with Crippen molar-refractivity contribution in [2.75, 3.05) is 13.2 Å². The van der Waals surface area contributed by atoms with E-state index in [-0.39, 0.29) is 12.1 Å². The van der Waals surface area contributed by atoms with E-state index < -0.39 is 17.1 Å². The molecular formula is C20H21FN3O3+. The molecule has 4 heterocycles. The van der Waals surface area contributed by atoms with Gasteiger partial charge in [-0.1, -0.05) is 6.07 Å². The van der Waals surface area contributed by atoms with Crippen LogP contribution in [-0.4, -0.2) is 35.9 Å². The van der Waals surface area contributed by atoms with E-state index in [4.69, 9.17) is 19.9 Å². The molecule has 0 aliphatic carbocycles. The molecule has 6 nitrogen and oxygen atoms in total. The highest BCUT2D eigenvalue weighted by molar-refractivity contribution is 5.69. The van der Waals surface area contributed by atoms with Gasteiger partial charge in [-0.25, -0.2) is 9.98 Å². The number of pyridine rings is 1. The lowest BCUT2D eigenvalue weighted by Gasteiger charge is -2.50. The quantitative estimate of drug-likeness (QED) is 0.727. The van der Waals surface area contributed by atoms with E-state index in [1.165, 1.54) is 6.20 Å². The van der Waals surface area contributed by atoms with Gasteiger partial charge in [0.05, 0.1) is 0 Å². The number of benzene rings is 1. The van der Waals surface area contributed by atoms with E-state index in [0.717, 1.165) is 24.2 Å². The second kappa shape index (κ2) is 5.66. The minimum absolute atomic E-state index is 0.261. The molecule has 7 heteroatoms. The zero-order valence-corrected chi connectivity index (χ0v) is 15.0. The third-order valence-corrected chi connectivity index (χ3v) is 5.78. The van der Waals surface area contributed by atoms with Gasteiger partial charge >= 0.3 is 6.02 Å². The SMILES string of the molecule is C[C@]12CCCO[C@@H]1[C@]1(COC(N)=[NH+]1)c1cc(-c3cccnc3F)ccc1O2. The second-order valence-electron chi connectivity index (χ2n) is 7.57. The molecule has 0 radical (unpaired) electrons. The van der Waals surface area contributed by atoms with Crippen molar-refractivity contribution in [2.24, 2.45) is 5.73 Å². The molecule has 0 saturated carbocycles. The summed E-state index contributed by atoms with van der Waals surface area (Å²) in [5, 5.41) is 0. The van der Waals surface area contributed by atoms with Gasteiger partial charge in [0.1, 0.15) is 24.1 Å². The molecule has 0 amide bonds. The molecule has 3 aliphatic heterocycles. The normalized spacial score (nSPS) is 31.5. The van der Waals surface area contributed by atoms with Crippen LogP contribution in [0.1, 0.15) is 25.3 Å². The van der Waals surface area contributed by atoms with Crippen molar-refractivity contribution in [3.63, 3.8) is 0 Å². The van der Waals surface area contributed by atoms with Crippen LogP contribution < -0.4 is 15.5 Å². The van der Waals surface area contributed by atoms with E-state index in [0.29, 0.717) is 24.3 Å². The summed E-state index contributed by atoms with van der Waals surface area (Å²) in [6.45, 7) is 3.04. The topological polar surface area (TPSA) is 80.6 Å². The Kier molecular flexibility index (Phi) is 3.46. The maximum Gasteiger partial charge on any atom is 0.440 e. The van der Waals surface area contributed by atoms with Gasteiger partial charge in [0.15, 0.2) is 5.54 Å². The van der Waals surface area contributed by atoms with Gasteiger partial charge < -0.3 is 14.2 Å². The molecule has 1 fully saturated rings. The van der Waals surface area contributed by atoms with Crippen molar-refractivity contribution >= 4 is 6.02 Å². The monoisotopic (exact) mass is 370 g/mol. The van der Waals surface area contributed by atoms with Gasteiger partial charge in [-0.05, 0) is 49.6 Å². The van der Waals surface area contributed by atoms with Gasteiger partial charge in [-0.3, -0.25) is 5.73 Å². The van der Waals surface area contributed by atoms with Crippen LogP contribution in [-0.2, 0) is 15.0 Å². The minimum atomic E-state index is -0.679. The molecule has 1 spiro atoms. The molecule has 2 aromatic rings. The molecule has 0 unspecified atom stereocenters. The fourth-order valence-electron chi connectivity index (χ4n) is 4.60. The number of halogens is 1. The predicted octanol–water partition coefficient (Wildman–Crippen LogP) is 0.839. The van der Waals surface area contributed by atoms with Crippen molar-refractivity contribution in [1.82, 2.24) is 4.98 Å². The Morgan fingerprint density at radius 2 is 2.22 bits per heavy atom. The van der Waals surface area contributed by atoms with Gasteiger partial charge in [-0.2, -0.15) is 4.39 Å². The molecule has 1 aromatic heterocycles. The minimum Gasteiger partial charge on any atom is -0.484 e. The van der Waals surface area contributed by atoms with Gasteiger partial charge in [-0.15, -0.1) is 0 Å². The number of nitrogens with one attached hydrogen (secondary N) is 1. The van der Waals surface area contributed by atoms with Crippen LogP contribution in [0.15, 0.2) is 36.5 Å². The van der Waals surface area contributed by atoms with Crippen LogP contribution >= 0.6 is 0 Å². The molecule has 3 aliphatic rings. The Morgan fingerprint density at radius 1 is 1.33 bits per heavy atom. The summed E-state index contributed by atoms with van der Waals surface area (Å²) in [5.41, 5.74) is 6.79. The van der Waals surface area contributed by atoms with Crippen LogP contribution in [0.5, 0.6) is 5.75 Å². The van der Waals surface area contributed by atoms with Gasteiger partial charge in [0, 0.05) is 23.9 Å². The predicted molar refractivity (Wildman–Crippen MR) is 95.4 cm³/mol. The molecule has 1 saturated heterocycles. The first-order valence-corrected chi connectivity index (χ1v) is 9.11. The first-order chi connectivity index (χ1) is 13.0. The number of hydrogen-bond acceptors (Lipinski definition) is 5. The summed E-state index contributed by atoms with van der Waals surface area (Å²) >= 11 is 0. The summed E-state index contributed by atoms with van der Waals surface area (Å²) in [7, 11) is 0. The van der Waals surface area contributed by atoms with Crippen LogP contribution in [0.4, 0.5) is 4.39 Å². The van der Waals surface area contributed by atoms with E-state index in [1.54, 1.807) is 12.1 Å². The maximum absolute atomic E-state index is 14.2. The fourth-order valence-corrected chi connectivity index (χ4v) is 4.60. The number of aromatic nitrogens is 1. The van der Waals surface area contributed by atoms with Gasteiger partial charge in [0.25, 0.3) is 0 Å². The van der Waals surface area contributed by atoms with Crippen molar-refractivity contribution in [2.45, 2.75) is 37.0 Å². The molecule has 0 bridgehead atoms. The highest BCUT2D eigenvalue weighted by Gasteiger charge is 2.62. The molecular weight excluding hydrogens is 349 g/mol. The molecule has 27 heavy (non-hydrogen) atoms. The van der Waals surface area contributed by atoms with Crippen molar-refractivity contribution in [3.05, 3.63) is 48.0 Å². The summed E-state index contributed by atoms with van der Waals surface area (Å²) in [4.78, 5) is 7.06. The van der Waals surface area contributed by atoms with Crippen molar-refractivity contribution in [1.29, 1.82) is 0 Å².